The second kappa shape index (κ2) is 7.11. The Labute approximate surface area is 152 Å². The Bertz CT molecular complexity index is 843. The third-order valence-corrected chi connectivity index (χ3v) is 4.54. The molecule has 4 rings (SSSR count). The molecular formula is C20H19ClN4. The first-order chi connectivity index (χ1) is 12.3. The molecule has 25 heavy (non-hydrogen) atoms. The van der Waals surface area contributed by atoms with Gasteiger partial charge in [0.15, 0.2) is 5.82 Å². The number of benzene rings is 2. The summed E-state index contributed by atoms with van der Waals surface area (Å²) >= 11 is 5.97. The molecule has 0 bridgehead atoms. The predicted octanol–water partition coefficient (Wildman–Crippen LogP) is 5.14. The van der Waals surface area contributed by atoms with Crippen molar-refractivity contribution in [1.82, 2.24) is 9.97 Å². The molecule has 2 aromatic carbocycles. The van der Waals surface area contributed by atoms with E-state index in [0.717, 1.165) is 46.8 Å². The highest BCUT2D eigenvalue weighted by molar-refractivity contribution is 6.30. The van der Waals surface area contributed by atoms with Gasteiger partial charge in [0, 0.05) is 35.4 Å². The minimum atomic E-state index is 0.718. The van der Waals surface area contributed by atoms with E-state index in [1.165, 1.54) is 12.8 Å². The molecule has 1 aliphatic heterocycles. The number of rotatable bonds is 4. The summed E-state index contributed by atoms with van der Waals surface area (Å²) in [5, 5.41) is 4.09. The van der Waals surface area contributed by atoms with Crippen LogP contribution in [0.2, 0.25) is 5.02 Å². The lowest BCUT2D eigenvalue weighted by Gasteiger charge is -2.18. The summed E-state index contributed by atoms with van der Waals surface area (Å²) in [4.78, 5) is 11.8. The highest BCUT2D eigenvalue weighted by atomic mass is 35.5. The maximum absolute atomic E-state index is 5.97. The first-order valence-corrected chi connectivity index (χ1v) is 8.88. The van der Waals surface area contributed by atoms with E-state index < -0.39 is 0 Å². The van der Waals surface area contributed by atoms with Gasteiger partial charge in [-0.2, -0.15) is 0 Å². The van der Waals surface area contributed by atoms with Crippen LogP contribution in [0.15, 0.2) is 60.7 Å². The van der Waals surface area contributed by atoms with E-state index in [1.807, 2.05) is 60.7 Å². The maximum Gasteiger partial charge on any atom is 0.163 e. The molecule has 4 nitrogen and oxygen atoms in total. The van der Waals surface area contributed by atoms with Crippen molar-refractivity contribution in [3.8, 4) is 11.4 Å². The van der Waals surface area contributed by atoms with E-state index in [4.69, 9.17) is 21.6 Å². The Morgan fingerprint density at radius 3 is 2.32 bits per heavy atom. The number of halogens is 1. The highest BCUT2D eigenvalue weighted by Gasteiger charge is 2.16. The lowest BCUT2D eigenvalue weighted by Crippen LogP contribution is -2.19. The first-order valence-electron chi connectivity index (χ1n) is 8.50. The van der Waals surface area contributed by atoms with Crippen LogP contribution >= 0.6 is 11.6 Å². The van der Waals surface area contributed by atoms with E-state index in [-0.39, 0.29) is 0 Å². The monoisotopic (exact) mass is 350 g/mol. The molecule has 0 spiro atoms. The molecule has 0 aliphatic carbocycles. The minimum Gasteiger partial charge on any atom is -0.356 e. The fraction of sp³-hybridized carbons (Fsp3) is 0.200. The van der Waals surface area contributed by atoms with Gasteiger partial charge in [0.2, 0.25) is 0 Å². The Morgan fingerprint density at radius 1 is 0.880 bits per heavy atom. The van der Waals surface area contributed by atoms with Crippen LogP contribution in [0.5, 0.6) is 0 Å². The molecule has 0 amide bonds. The topological polar surface area (TPSA) is 41.0 Å². The molecule has 1 saturated heterocycles. The molecule has 2 heterocycles. The average molecular weight is 351 g/mol. The summed E-state index contributed by atoms with van der Waals surface area (Å²) in [6.07, 6.45) is 2.43. The smallest absolute Gasteiger partial charge is 0.163 e. The van der Waals surface area contributed by atoms with Gasteiger partial charge in [-0.25, -0.2) is 9.97 Å². The Balaban J connectivity index is 1.71. The van der Waals surface area contributed by atoms with Crippen molar-refractivity contribution in [1.29, 1.82) is 0 Å². The van der Waals surface area contributed by atoms with E-state index >= 15 is 0 Å². The number of hydrogen-bond donors (Lipinski definition) is 1. The van der Waals surface area contributed by atoms with Crippen molar-refractivity contribution >= 4 is 28.9 Å². The number of nitrogens with zero attached hydrogens (tertiary/aromatic N) is 3. The Kier molecular flexibility index (Phi) is 4.53. The standard InChI is InChI=1S/C20H19ClN4/c21-16-8-10-17(11-9-16)22-18-14-19(25-12-4-5-13-25)24-20(23-18)15-6-2-1-3-7-15/h1-3,6-11,14H,4-5,12-13H2,(H,22,23,24). The van der Waals surface area contributed by atoms with Gasteiger partial charge in [0.1, 0.15) is 11.6 Å². The zero-order valence-electron chi connectivity index (χ0n) is 13.8. The lowest BCUT2D eigenvalue weighted by molar-refractivity contribution is 0.931. The molecule has 3 aromatic rings. The minimum absolute atomic E-state index is 0.718. The molecule has 0 radical (unpaired) electrons. The van der Waals surface area contributed by atoms with Gasteiger partial charge in [-0.3, -0.25) is 0 Å². The number of anilines is 3. The molecule has 1 aromatic heterocycles. The Morgan fingerprint density at radius 2 is 1.60 bits per heavy atom. The van der Waals surface area contributed by atoms with Gasteiger partial charge >= 0.3 is 0 Å². The third kappa shape index (κ3) is 3.74. The highest BCUT2D eigenvalue weighted by Crippen LogP contribution is 2.27. The number of hydrogen-bond acceptors (Lipinski definition) is 4. The average Bonchev–Trinajstić information content (AvgIpc) is 3.19. The summed E-state index contributed by atoms with van der Waals surface area (Å²) < 4.78 is 0. The van der Waals surface area contributed by atoms with Crippen molar-refractivity contribution in [3.05, 3.63) is 65.7 Å². The van der Waals surface area contributed by atoms with E-state index in [1.54, 1.807) is 0 Å². The molecule has 126 valence electrons. The van der Waals surface area contributed by atoms with Gasteiger partial charge in [-0.15, -0.1) is 0 Å². The van der Waals surface area contributed by atoms with Gasteiger partial charge < -0.3 is 10.2 Å². The molecule has 1 fully saturated rings. The van der Waals surface area contributed by atoms with Crippen LogP contribution in [-0.2, 0) is 0 Å². The van der Waals surface area contributed by atoms with Crippen LogP contribution in [0.1, 0.15) is 12.8 Å². The van der Waals surface area contributed by atoms with Crippen LogP contribution in [0, 0.1) is 0 Å². The zero-order valence-corrected chi connectivity index (χ0v) is 14.6. The zero-order chi connectivity index (χ0) is 17.1. The molecule has 1 aliphatic rings. The number of aromatic nitrogens is 2. The molecule has 5 heteroatoms. The van der Waals surface area contributed by atoms with Crippen LogP contribution in [0.4, 0.5) is 17.3 Å². The molecule has 0 unspecified atom stereocenters. The summed E-state index contributed by atoms with van der Waals surface area (Å²) in [6.45, 7) is 2.09. The van der Waals surface area contributed by atoms with Crippen molar-refractivity contribution < 1.29 is 0 Å². The summed E-state index contributed by atoms with van der Waals surface area (Å²) in [5.74, 6) is 2.50. The van der Waals surface area contributed by atoms with Crippen LogP contribution in [-0.4, -0.2) is 23.1 Å². The van der Waals surface area contributed by atoms with Gasteiger partial charge in [-0.1, -0.05) is 41.9 Å². The SMILES string of the molecule is Clc1ccc(Nc2cc(N3CCCC3)nc(-c3ccccc3)n2)cc1. The fourth-order valence-electron chi connectivity index (χ4n) is 3.00. The Hall–Kier alpha value is -2.59. The van der Waals surface area contributed by atoms with E-state index in [2.05, 4.69) is 10.2 Å². The quantitative estimate of drug-likeness (QED) is 0.707. The van der Waals surface area contributed by atoms with E-state index in [9.17, 15) is 0 Å². The van der Waals surface area contributed by atoms with Gasteiger partial charge in [-0.05, 0) is 37.1 Å². The summed E-state index contributed by atoms with van der Waals surface area (Å²) in [6, 6.07) is 19.7. The molecule has 0 atom stereocenters. The van der Waals surface area contributed by atoms with Gasteiger partial charge in [0.05, 0.1) is 0 Å². The maximum atomic E-state index is 5.97. The van der Waals surface area contributed by atoms with Crippen molar-refractivity contribution in [2.24, 2.45) is 0 Å². The van der Waals surface area contributed by atoms with Crippen molar-refractivity contribution in [2.75, 3.05) is 23.3 Å². The van der Waals surface area contributed by atoms with E-state index in [0.29, 0.717) is 0 Å². The van der Waals surface area contributed by atoms with Crippen molar-refractivity contribution in [2.45, 2.75) is 12.8 Å². The third-order valence-electron chi connectivity index (χ3n) is 4.29. The second-order valence-corrected chi connectivity index (χ2v) is 6.56. The normalized spacial score (nSPS) is 13.9. The summed E-state index contributed by atoms with van der Waals surface area (Å²) in [5.41, 5.74) is 1.97. The van der Waals surface area contributed by atoms with Crippen LogP contribution in [0.25, 0.3) is 11.4 Å². The van der Waals surface area contributed by atoms with Crippen molar-refractivity contribution in [3.63, 3.8) is 0 Å². The molecule has 0 saturated carbocycles. The fourth-order valence-corrected chi connectivity index (χ4v) is 3.13. The lowest BCUT2D eigenvalue weighted by atomic mass is 10.2. The second-order valence-electron chi connectivity index (χ2n) is 6.13. The van der Waals surface area contributed by atoms with Gasteiger partial charge in [0.25, 0.3) is 0 Å². The summed E-state index contributed by atoms with van der Waals surface area (Å²) in [7, 11) is 0. The van der Waals surface area contributed by atoms with Crippen LogP contribution in [0.3, 0.4) is 0 Å². The van der Waals surface area contributed by atoms with Crippen LogP contribution < -0.4 is 10.2 Å². The number of nitrogens with one attached hydrogen (secondary N) is 1. The first kappa shape index (κ1) is 15.9. The molecular weight excluding hydrogens is 332 g/mol. The predicted molar refractivity (Wildman–Crippen MR) is 104 cm³/mol. The molecule has 1 N–H and O–H groups in total. The largest absolute Gasteiger partial charge is 0.356 e.